The Balaban J connectivity index is 1.55. The number of aromatic nitrogens is 3. The molecule has 0 aliphatic carbocycles. The van der Waals surface area contributed by atoms with E-state index >= 15 is 0 Å². The standard InChI is InChI=1S/C22H16ClF3N4O2S/c1-30-20(32)19-18(14(10-27-19)12-5-3-2-4-6-12)29-21(30)33-11-17(31)28-13-7-8-16(23)15(9-13)22(24,25)26/h2-10,27H,11H2,1H3,(H,28,31). The second-order valence-electron chi connectivity index (χ2n) is 7.08. The van der Waals surface area contributed by atoms with E-state index in [1.807, 2.05) is 30.3 Å². The van der Waals surface area contributed by atoms with Crippen LogP contribution in [0.15, 0.2) is 64.7 Å². The average Bonchev–Trinajstić information content (AvgIpc) is 3.20. The molecule has 4 rings (SSSR count). The normalized spacial score (nSPS) is 11.7. The zero-order valence-corrected chi connectivity index (χ0v) is 18.6. The largest absolute Gasteiger partial charge is 0.417 e. The van der Waals surface area contributed by atoms with Crippen molar-refractivity contribution in [3.63, 3.8) is 0 Å². The number of aromatic amines is 1. The summed E-state index contributed by atoms with van der Waals surface area (Å²) in [6.07, 6.45) is -2.94. The van der Waals surface area contributed by atoms with Crippen molar-refractivity contribution in [2.45, 2.75) is 11.3 Å². The van der Waals surface area contributed by atoms with Gasteiger partial charge in [0.05, 0.1) is 16.3 Å². The lowest BCUT2D eigenvalue weighted by Crippen LogP contribution is -2.21. The smallest absolute Gasteiger partial charge is 0.355 e. The van der Waals surface area contributed by atoms with E-state index in [0.717, 1.165) is 35.0 Å². The number of anilines is 1. The first-order valence-corrected chi connectivity index (χ1v) is 10.9. The number of benzene rings is 2. The van der Waals surface area contributed by atoms with Crippen LogP contribution in [0, 0.1) is 0 Å². The Morgan fingerprint density at radius 1 is 1.21 bits per heavy atom. The summed E-state index contributed by atoms with van der Waals surface area (Å²) in [7, 11) is 1.53. The van der Waals surface area contributed by atoms with Crippen molar-refractivity contribution in [1.82, 2.24) is 14.5 Å². The maximum absolute atomic E-state index is 13.0. The number of nitrogens with zero attached hydrogens (tertiary/aromatic N) is 2. The fourth-order valence-electron chi connectivity index (χ4n) is 3.23. The summed E-state index contributed by atoms with van der Waals surface area (Å²) in [6.45, 7) is 0. The number of alkyl halides is 3. The zero-order valence-electron chi connectivity index (χ0n) is 17.0. The Morgan fingerprint density at radius 3 is 2.64 bits per heavy atom. The lowest BCUT2D eigenvalue weighted by molar-refractivity contribution is -0.137. The van der Waals surface area contributed by atoms with Gasteiger partial charge in [-0.25, -0.2) is 4.98 Å². The first kappa shape index (κ1) is 22.9. The molecule has 0 spiro atoms. The van der Waals surface area contributed by atoms with E-state index in [1.165, 1.54) is 17.7 Å². The maximum Gasteiger partial charge on any atom is 0.417 e. The van der Waals surface area contributed by atoms with Crippen LogP contribution >= 0.6 is 23.4 Å². The third kappa shape index (κ3) is 4.76. The summed E-state index contributed by atoms with van der Waals surface area (Å²) in [4.78, 5) is 32.6. The Bertz CT molecular complexity index is 1400. The van der Waals surface area contributed by atoms with Gasteiger partial charge in [-0.2, -0.15) is 13.2 Å². The van der Waals surface area contributed by atoms with E-state index in [1.54, 1.807) is 6.20 Å². The minimum Gasteiger partial charge on any atom is -0.355 e. The molecule has 0 atom stereocenters. The molecule has 11 heteroatoms. The van der Waals surface area contributed by atoms with Gasteiger partial charge in [0.15, 0.2) is 5.16 Å². The van der Waals surface area contributed by atoms with E-state index in [9.17, 15) is 22.8 Å². The second-order valence-corrected chi connectivity index (χ2v) is 8.43. The zero-order chi connectivity index (χ0) is 23.8. The molecule has 2 aromatic heterocycles. The number of nitrogens with one attached hydrogen (secondary N) is 2. The predicted octanol–water partition coefficient (Wildman–Crippen LogP) is 5.33. The summed E-state index contributed by atoms with van der Waals surface area (Å²) in [5.74, 6) is -0.719. The van der Waals surface area contributed by atoms with Gasteiger partial charge in [0.2, 0.25) is 5.91 Å². The molecule has 170 valence electrons. The van der Waals surface area contributed by atoms with Gasteiger partial charge >= 0.3 is 6.18 Å². The average molecular weight is 493 g/mol. The third-order valence-corrected chi connectivity index (χ3v) is 6.20. The summed E-state index contributed by atoms with van der Waals surface area (Å²) < 4.78 is 40.4. The molecule has 33 heavy (non-hydrogen) atoms. The highest BCUT2D eigenvalue weighted by Crippen LogP contribution is 2.36. The number of rotatable bonds is 5. The van der Waals surface area contributed by atoms with Gasteiger partial charge in [0, 0.05) is 24.5 Å². The predicted molar refractivity (Wildman–Crippen MR) is 123 cm³/mol. The van der Waals surface area contributed by atoms with Gasteiger partial charge in [0.25, 0.3) is 5.56 Å². The summed E-state index contributed by atoms with van der Waals surface area (Å²) in [5.41, 5.74) is 1.05. The van der Waals surface area contributed by atoms with Gasteiger partial charge in [-0.05, 0) is 23.8 Å². The van der Waals surface area contributed by atoms with E-state index in [-0.39, 0.29) is 17.0 Å². The fourth-order valence-corrected chi connectivity index (χ4v) is 4.22. The first-order valence-electron chi connectivity index (χ1n) is 9.58. The minimum absolute atomic E-state index is 0.0355. The van der Waals surface area contributed by atoms with E-state index in [2.05, 4.69) is 15.3 Å². The number of hydrogen-bond acceptors (Lipinski definition) is 4. The molecule has 0 aliphatic rings. The molecular formula is C22H16ClF3N4O2S. The Hall–Kier alpha value is -3.24. The van der Waals surface area contributed by atoms with Crippen LogP contribution in [-0.4, -0.2) is 26.2 Å². The number of amides is 1. The quantitative estimate of drug-likeness (QED) is 0.291. The van der Waals surface area contributed by atoms with Crippen molar-refractivity contribution in [2.75, 3.05) is 11.1 Å². The summed E-state index contributed by atoms with van der Waals surface area (Å²) in [6, 6.07) is 12.5. The maximum atomic E-state index is 13.0. The Kier molecular flexibility index (Phi) is 6.22. The number of hydrogen-bond donors (Lipinski definition) is 2. The number of fused-ring (bicyclic) bond motifs is 1. The van der Waals surface area contributed by atoms with Crippen molar-refractivity contribution >= 4 is 46.0 Å². The Morgan fingerprint density at radius 2 is 1.94 bits per heavy atom. The van der Waals surface area contributed by atoms with E-state index in [4.69, 9.17) is 11.6 Å². The third-order valence-electron chi connectivity index (χ3n) is 4.84. The molecule has 4 aromatic rings. The number of carbonyl (C=O) groups excluding carboxylic acids is 1. The van der Waals surface area contributed by atoms with Crippen LogP contribution in [-0.2, 0) is 18.0 Å². The van der Waals surface area contributed by atoms with Crippen LogP contribution in [0.4, 0.5) is 18.9 Å². The fraction of sp³-hybridized carbons (Fsp3) is 0.136. The molecule has 6 nitrogen and oxygen atoms in total. The van der Waals surface area contributed by atoms with Crippen LogP contribution < -0.4 is 10.9 Å². The van der Waals surface area contributed by atoms with Gasteiger partial charge in [-0.3, -0.25) is 14.2 Å². The SMILES string of the molecule is Cn1c(SCC(=O)Nc2ccc(Cl)c(C(F)(F)F)c2)nc2c(-c3ccccc3)c[nH]c2c1=O. The lowest BCUT2D eigenvalue weighted by atomic mass is 10.1. The molecule has 0 bridgehead atoms. The number of thioether (sulfide) groups is 1. The van der Waals surface area contributed by atoms with Gasteiger partial charge in [0.1, 0.15) is 11.0 Å². The van der Waals surface area contributed by atoms with Crippen LogP contribution in [0.3, 0.4) is 0 Å². The van der Waals surface area contributed by atoms with Gasteiger partial charge in [-0.1, -0.05) is 53.7 Å². The van der Waals surface area contributed by atoms with Crippen LogP contribution in [0.2, 0.25) is 5.02 Å². The molecule has 0 saturated heterocycles. The van der Waals surface area contributed by atoms with E-state index < -0.39 is 22.7 Å². The topological polar surface area (TPSA) is 79.8 Å². The van der Waals surface area contributed by atoms with Crippen molar-refractivity contribution in [1.29, 1.82) is 0 Å². The lowest BCUT2D eigenvalue weighted by Gasteiger charge is -2.12. The molecule has 0 unspecified atom stereocenters. The van der Waals surface area contributed by atoms with Crippen molar-refractivity contribution in [3.8, 4) is 11.1 Å². The first-order chi connectivity index (χ1) is 15.6. The monoisotopic (exact) mass is 492 g/mol. The molecule has 0 radical (unpaired) electrons. The van der Waals surface area contributed by atoms with Gasteiger partial charge < -0.3 is 10.3 Å². The Labute approximate surface area is 194 Å². The highest BCUT2D eigenvalue weighted by Gasteiger charge is 2.33. The van der Waals surface area contributed by atoms with Crippen LogP contribution in [0.25, 0.3) is 22.2 Å². The minimum atomic E-state index is -4.64. The van der Waals surface area contributed by atoms with Crippen LogP contribution in [0.1, 0.15) is 5.56 Å². The number of halogens is 4. The highest BCUT2D eigenvalue weighted by atomic mass is 35.5. The molecule has 2 heterocycles. The molecule has 2 aromatic carbocycles. The molecular weight excluding hydrogens is 477 g/mol. The molecule has 1 amide bonds. The van der Waals surface area contributed by atoms with Crippen molar-refractivity contribution < 1.29 is 18.0 Å². The van der Waals surface area contributed by atoms with Crippen LogP contribution in [0.5, 0.6) is 0 Å². The number of H-pyrrole nitrogens is 1. The molecule has 2 N–H and O–H groups in total. The number of carbonyl (C=O) groups is 1. The summed E-state index contributed by atoms with van der Waals surface area (Å²) in [5, 5.41) is 2.26. The van der Waals surface area contributed by atoms with E-state index in [0.29, 0.717) is 16.2 Å². The molecule has 0 fully saturated rings. The second kappa shape index (κ2) is 8.95. The van der Waals surface area contributed by atoms with Crippen molar-refractivity contribution in [2.24, 2.45) is 7.05 Å². The molecule has 0 aliphatic heterocycles. The molecule has 0 saturated carbocycles. The van der Waals surface area contributed by atoms with Crippen molar-refractivity contribution in [3.05, 3.63) is 75.7 Å². The summed E-state index contributed by atoms with van der Waals surface area (Å²) >= 11 is 6.61. The van der Waals surface area contributed by atoms with Gasteiger partial charge in [-0.15, -0.1) is 0 Å². The highest BCUT2D eigenvalue weighted by molar-refractivity contribution is 7.99.